The standard InChI is InChI=1S/C14H11FO3S/c1-18-14(17)9-2-7-13(12(15)8-9)19-11-5-3-10(16)4-6-11/h2-8,16H,1H3. The van der Waals surface area contributed by atoms with E-state index in [0.29, 0.717) is 4.90 Å². The number of ether oxygens (including phenoxy) is 1. The van der Waals surface area contributed by atoms with Gasteiger partial charge in [-0.1, -0.05) is 11.8 Å². The summed E-state index contributed by atoms with van der Waals surface area (Å²) >= 11 is 1.21. The number of rotatable bonds is 3. The number of phenolic OH excluding ortho intramolecular Hbond substituents is 1. The molecule has 0 spiro atoms. The number of methoxy groups -OCH3 is 1. The van der Waals surface area contributed by atoms with Gasteiger partial charge in [0, 0.05) is 9.79 Å². The number of esters is 1. The molecule has 0 heterocycles. The average molecular weight is 278 g/mol. The number of halogens is 1. The highest BCUT2D eigenvalue weighted by molar-refractivity contribution is 7.99. The molecule has 5 heteroatoms. The van der Waals surface area contributed by atoms with Crippen LogP contribution in [0.1, 0.15) is 10.4 Å². The summed E-state index contributed by atoms with van der Waals surface area (Å²) in [6.45, 7) is 0. The normalized spacial score (nSPS) is 10.2. The van der Waals surface area contributed by atoms with Gasteiger partial charge in [-0.3, -0.25) is 0 Å². The van der Waals surface area contributed by atoms with Gasteiger partial charge >= 0.3 is 5.97 Å². The fourth-order valence-electron chi connectivity index (χ4n) is 1.47. The van der Waals surface area contributed by atoms with Crippen LogP contribution < -0.4 is 0 Å². The predicted octanol–water partition coefficient (Wildman–Crippen LogP) is 3.47. The Balaban J connectivity index is 2.22. The molecule has 0 fully saturated rings. The molecule has 0 saturated carbocycles. The summed E-state index contributed by atoms with van der Waals surface area (Å²) in [5.74, 6) is -0.896. The number of phenols is 1. The van der Waals surface area contributed by atoms with Gasteiger partial charge in [-0.25, -0.2) is 9.18 Å². The van der Waals surface area contributed by atoms with Crippen LogP contribution in [-0.4, -0.2) is 18.2 Å². The number of carbonyl (C=O) groups is 1. The molecular weight excluding hydrogens is 267 g/mol. The molecule has 0 aromatic heterocycles. The van der Waals surface area contributed by atoms with Gasteiger partial charge in [-0.15, -0.1) is 0 Å². The third kappa shape index (κ3) is 3.26. The van der Waals surface area contributed by atoms with Crippen molar-refractivity contribution in [2.75, 3.05) is 7.11 Å². The van der Waals surface area contributed by atoms with Crippen molar-refractivity contribution >= 4 is 17.7 Å². The average Bonchev–Trinajstić information content (AvgIpc) is 2.42. The summed E-state index contributed by atoms with van der Waals surface area (Å²) < 4.78 is 18.4. The largest absolute Gasteiger partial charge is 0.508 e. The fraction of sp³-hybridized carbons (Fsp3) is 0.0714. The van der Waals surface area contributed by atoms with Crippen molar-refractivity contribution in [1.82, 2.24) is 0 Å². The molecule has 0 bridgehead atoms. The van der Waals surface area contributed by atoms with E-state index >= 15 is 0 Å². The first kappa shape index (κ1) is 13.4. The second kappa shape index (κ2) is 5.75. The summed E-state index contributed by atoms with van der Waals surface area (Å²) in [6.07, 6.45) is 0. The summed E-state index contributed by atoms with van der Waals surface area (Å²) in [5, 5.41) is 9.17. The lowest BCUT2D eigenvalue weighted by atomic mass is 10.2. The second-order valence-electron chi connectivity index (χ2n) is 3.73. The molecule has 0 aliphatic carbocycles. The Morgan fingerprint density at radius 1 is 1.21 bits per heavy atom. The van der Waals surface area contributed by atoms with Gasteiger partial charge in [0.25, 0.3) is 0 Å². The highest BCUT2D eigenvalue weighted by Crippen LogP contribution is 2.31. The summed E-state index contributed by atoms with van der Waals surface area (Å²) in [5.41, 5.74) is 0.176. The van der Waals surface area contributed by atoms with E-state index in [9.17, 15) is 9.18 Å². The Bertz CT molecular complexity index is 596. The third-order valence-corrected chi connectivity index (χ3v) is 3.48. The quantitative estimate of drug-likeness (QED) is 0.873. The molecule has 0 aliphatic rings. The van der Waals surface area contributed by atoms with Crippen LogP contribution in [0.15, 0.2) is 52.3 Å². The van der Waals surface area contributed by atoms with Crippen LogP contribution in [0.2, 0.25) is 0 Å². The monoisotopic (exact) mass is 278 g/mol. The molecule has 0 saturated heterocycles. The minimum Gasteiger partial charge on any atom is -0.508 e. The highest BCUT2D eigenvalue weighted by atomic mass is 32.2. The van der Waals surface area contributed by atoms with Crippen LogP contribution in [-0.2, 0) is 4.74 Å². The van der Waals surface area contributed by atoms with E-state index in [-0.39, 0.29) is 11.3 Å². The zero-order valence-corrected chi connectivity index (χ0v) is 10.9. The minimum absolute atomic E-state index is 0.158. The molecule has 0 aliphatic heterocycles. The van der Waals surface area contributed by atoms with Crippen LogP contribution in [0.25, 0.3) is 0 Å². The highest BCUT2D eigenvalue weighted by Gasteiger charge is 2.10. The van der Waals surface area contributed by atoms with Crippen molar-refractivity contribution in [3.8, 4) is 5.75 Å². The zero-order valence-electron chi connectivity index (χ0n) is 10.1. The molecule has 98 valence electrons. The van der Waals surface area contributed by atoms with Gasteiger partial charge in [0.05, 0.1) is 12.7 Å². The van der Waals surface area contributed by atoms with Crippen LogP contribution in [0.3, 0.4) is 0 Å². The molecule has 2 rings (SSSR count). The SMILES string of the molecule is COC(=O)c1ccc(Sc2ccc(O)cc2)c(F)c1. The first-order chi connectivity index (χ1) is 9.10. The van der Waals surface area contributed by atoms with Crippen LogP contribution in [0, 0.1) is 5.82 Å². The van der Waals surface area contributed by atoms with Gasteiger partial charge in [-0.05, 0) is 42.5 Å². The van der Waals surface area contributed by atoms with Crippen LogP contribution in [0.5, 0.6) is 5.75 Å². The van der Waals surface area contributed by atoms with Gasteiger partial charge in [0.2, 0.25) is 0 Å². The molecule has 2 aromatic carbocycles. The van der Waals surface area contributed by atoms with E-state index in [2.05, 4.69) is 4.74 Å². The first-order valence-electron chi connectivity index (χ1n) is 5.45. The molecule has 19 heavy (non-hydrogen) atoms. The number of benzene rings is 2. The Morgan fingerprint density at radius 3 is 2.47 bits per heavy atom. The van der Waals surface area contributed by atoms with Gasteiger partial charge in [-0.2, -0.15) is 0 Å². The number of carbonyl (C=O) groups excluding carboxylic acids is 1. The number of hydrogen-bond acceptors (Lipinski definition) is 4. The maximum Gasteiger partial charge on any atom is 0.337 e. The van der Waals surface area contributed by atoms with Gasteiger partial charge in [0.15, 0.2) is 0 Å². The summed E-state index contributed by atoms with van der Waals surface area (Å²) in [6, 6.07) is 10.6. The number of hydrogen-bond donors (Lipinski definition) is 1. The zero-order chi connectivity index (χ0) is 13.8. The minimum atomic E-state index is -0.569. The van der Waals surface area contributed by atoms with E-state index in [0.717, 1.165) is 11.0 Å². The van der Waals surface area contributed by atoms with E-state index in [1.807, 2.05) is 0 Å². The van der Waals surface area contributed by atoms with Gasteiger partial charge in [0.1, 0.15) is 11.6 Å². The topological polar surface area (TPSA) is 46.5 Å². The molecule has 0 amide bonds. The van der Waals surface area contributed by atoms with Crippen molar-refractivity contribution in [3.05, 3.63) is 53.8 Å². The van der Waals surface area contributed by atoms with Crippen molar-refractivity contribution in [3.63, 3.8) is 0 Å². The predicted molar refractivity (Wildman–Crippen MR) is 70.0 cm³/mol. The van der Waals surface area contributed by atoms with E-state index < -0.39 is 11.8 Å². The first-order valence-corrected chi connectivity index (χ1v) is 6.26. The lowest BCUT2D eigenvalue weighted by Gasteiger charge is -2.05. The molecule has 3 nitrogen and oxygen atoms in total. The lowest BCUT2D eigenvalue weighted by molar-refractivity contribution is 0.0600. The Hall–Kier alpha value is -2.01. The Kier molecular flexibility index (Phi) is 4.06. The molecular formula is C14H11FO3S. The van der Waals surface area contributed by atoms with Gasteiger partial charge < -0.3 is 9.84 Å². The van der Waals surface area contributed by atoms with E-state index in [1.165, 1.54) is 43.1 Å². The van der Waals surface area contributed by atoms with E-state index in [1.54, 1.807) is 12.1 Å². The third-order valence-electron chi connectivity index (χ3n) is 2.42. The smallest absolute Gasteiger partial charge is 0.337 e. The fourth-order valence-corrected chi connectivity index (χ4v) is 2.29. The number of aromatic hydroxyl groups is 1. The lowest BCUT2D eigenvalue weighted by Crippen LogP contribution is -2.01. The molecule has 0 radical (unpaired) electrons. The Labute approximate surface area is 114 Å². The Morgan fingerprint density at radius 2 is 1.89 bits per heavy atom. The molecule has 1 N–H and O–H groups in total. The van der Waals surface area contributed by atoms with Crippen LogP contribution >= 0.6 is 11.8 Å². The second-order valence-corrected chi connectivity index (χ2v) is 4.85. The van der Waals surface area contributed by atoms with E-state index in [4.69, 9.17) is 5.11 Å². The van der Waals surface area contributed by atoms with Crippen molar-refractivity contribution < 1.29 is 19.0 Å². The summed E-state index contributed by atoms with van der Waals surface area (Å²) in [7, 11) is 1.25. The maximum atomic E-state index is 13.8. The maximum absolute atomic E-state index is 13.8. The molecule has 2 aromatic rings. The van der Waals surface area contributed by atoms with Crippen molar-refractivity contribution in [2.45, 2.75) is 9.79 Å². The molecule has 0 atom stereocenters. The van der Waals surface area contributed by atoms with Crippen molar-refractivity contribution in [1.29, 1.82) is 0 Å². The summed E-state index contributed by atoms with van der Waals surface area (Å²) in [4.78, 5) is 12.4. The van der Waals surface area contributed by atoms with Crippen LogP contribution in [0.4, 0.5) is 4.39 Å². The van der Waals surface area contributed by atoms with Crippen molar-refractivity contribution in [2.24, 2.45) is 0 Å². The molecule has 0 unspecified atom stereocenters.